The first-order valence-corrected chi connectivity index (χ1v) is 4.80. The number of ether oxygens (including phenoxy) is 1. The number of carbonyl (C=O) groups excluding carboxylic acids is 1. The molecule has 0 fully saturated rings. The second-order valence-electron chi connectivity index (χ2n) is 3.20. The molecule has 0 spiro atoms. The highest BCUT2D eigenvalue weighted by Crippen LogP contribution is 2.18. The van der Waals surface area contributed by atoms with Gasteiger partial charge < -0.3 is 9.84 Å². The van der Waals surface area contributed by atoms with Crippen LogP contribution in [0.4, 0.5) is 13.2 Å². The zero-order valence-corrected chi connectivity index (χ0v) is 8.51. The molecular weight excluding hydrogens is 213 g/mol. The van der Waals surface area contributed by atoms with Crippen LogP contribution in [0.25, 0.3) is 0 Å². The second-order valence-corrected chi connectivity index (χ2v) is 3.20. The number of hydrogen-bond acceptors (Lipinski definition) is 3. The topological polar surface area (TPSA) is 46.5 Å². The van der Waals surface area contributed by atoms with E-state index in [1.54, 1.807) is 0 Å². The van der Waals surface area contributed by atoms with E-state index in [1.807, 2.05) is 6.92 Å². The van der Waals surface area contributed by atoms with Gasteiger partial charge in [-0.1, -0.05) is 19.8 Å². The Labute approximate surface area is 86.2 Å². The third kappa shape index (κ3) is 6.33. The molecule has 0 unspecified atom stereocenters. The van der Waals surface area contributed by atoms with Gasteiger partial charge in [0.05, 0.1) is 6.61 Å². The summed E-state index contributed by atoms with van der Waals surface area (Å²) in [5, 5.41) is 8.70. The van der Waals surface area contributed by atoms with Crippen molar-refractivity contribution in [2.24, 2.45) is 0 Å². The van der Waals surface area contributed by atoms with E-state index in [1.165, 1.54) is 0 Å². The Hall–Kier alpha value is -0.780. The van der Waals surface area contributed by atoms with Crippen molar-refractivity contribution in [3.63, 3.8) is 0 Å². The molecule has 0 aliphatic rings. The lowest BCUT2D eigenvalue weighted by Gasteiger charge is -2.16. The van der Waals surface area contributed by atoms with E-state index >= 15 is 0 Å². The van der Waals surface area contributed by atoms with Gasteiger partial charge in [-0.05, 0) is 12.8 Å². The Balaban J connectivity index is 3.94. The molecule has 0 rings (SSSR count). The Morgan fingerprint density at radius 2 is 2.00 bits per heavy atom. The van der Waals surface area contributed by atoms with E-state index in [-0.39, 0.29) is 6.42 Å². The van der Waals surface area contributed by atoms with E-state index in [9.17, 15) is 18.0 Å². The quantitative estimate of drug-likeness (QED) is 0.559. The molecule has 0 saturated heterocycles. The van der Waals surface area contributed by atoms with Crippen LogP contribution in [-0.4, -0.2) is 30.0 Å². The maximum atomic E-state index is 11.8. The van der Waals surface area contributed by atoms with Crippen LogP contribution in [-0.2, 0) is 9.53 Å². The highest BCUT2D eigenvalue weighted by atomic mass is 19.4. The number of halogens is 3. The fraction of sp³-hybridized carbons (Fsp3) is 0.889. The van der Waals surface area contributed by atoms with E-state index < -0.39 is 24.9 Å². The van der Waals surface area contributed by atoms with Crippen molar-refractivity contribution in [2.75, 3.05) is 6.61 Å². The van der Waals surface area contributed by atoms with Crippen molar-refractivity contribution in [1.29, 1.82) is 0 Å². The molecular formula is C9H15F3O3. The van der Waals surface area contributed by atoms with Gasteiger partial charge in [-0.2, -0.15) is 13.2 Å². The van der Waals surface area contributed by atoms with Crippen LogP contribution in [0, 0.1) is 0 Å². The summed E-state index contributed by atoms with van der Waals surface area (Å²) < 4.78 is 39.4. The predicted molar refractivity (Wildman–Crippen MR) is 47.2 cm³/mol. The molecule has 0 aromatic rings. The average molecular weight is 228 g/mol. The van der Waals surface area contributed by atoms with Crippen molar-refractivity contribution < 1.29 is 27.8 Å². The highest BCUT2D eigenvalue weighted by Gasteiger charge is 2.42. The molecule has 0 heterocycles. The number of alkyl halides is 3. The van der Waals surface area contributed by atoms with E-state index in [4.69, 9.17) is 5.11 Å². The van der Waals surface area contributed by atoms with Crippen molar-refractivity contribution >= 4 is 5.97 Å². The largest absolute Gasteiger partial charge is 0.490 e. The summed E-state index contributed by atoms with van der Waals surface area (Å²) in [7, 11) is 0. The Morgan fingerprint density at radius 3 is 2.40 bits per heavy atom. The monoisotopic (exact) mass is 228 g/mol. The number of esters is 1. The zero-order chi connectivity index (χ0) is 11.9. The minimum absolute atomic E-state index is 0.256. The average Bonchev–Trinajstić information content (AvgIpc) is 2.14. The van der Waals surface area contributed by atoms with Crippen LogP contribution < -0.4 is 0 Å². The van der Waals surface area contributed by atoms with Crippen molar-refractivity contribution in [3.8, 4) is 0 Å². The molecule has 0 aliphatic heterocycles. The lowest BCUT2D eigenvalue weighted by molar-refractivity contribution is -0.206. The van der Waals surface area contributed by atoms with Gasteiger partial charge in [-0.15, -0.1) is 0 Å². The molecule has 6 heteroatoms. The van der Waals surface area contributed by atoms with Gasteiger partial charge in [0.2, 0.25) is 0 Å². The van der Waals surface area contributed by atoms with E-state index in [2.05, 4.69) is 4.74 Å². The molecule has 1 atom stereocenters. The first kappa shape index (κ1) is 14.2. The molecule has 15 heavy (non-hydrogen) atoms. The minimum atomic E-state index is -4.99. The summed E-state index contributed by atoms with van der Waals surface area (Å²) in [6.45, 7) is 1.36. The van der Waals surface area contributed by atoms with Crippen LogP contribution >= 0.6 is 0 Å². The molecule has 0 radical (unpaired) electrons. The third-order valence-corrected chi connectivity index (χ3v) is 1.84. The maximum Gasteiger partial charge on any atom is 0.490 e. The number of aliphatic hydroxyl groups excluding tert-OH is 1. The van der Waals surface area contributed by atoms with Gasteiger partial charge in [-0.25, -0.2) is 4.79 Å². The highest BCUT2D eigenvalue weighted by molar-refractivity contribution is 5.75. The van der Waals surface area contributed by atoms with Crippen LogP contribution in [0.15, 0.2) is 0 Å². The number of aliphatic hydroxyl groups is 1. The summed E-state index contributed by atoms with van der Waals surface area (Å²) in [5.41, 5.74) is 0. The molecule has 0 aromatic heterocycles. The fourth-order valence-corrected chi connectivity index (χ4v) is 1.03. The fourth-order valence-electron chi connectivity index (χ4n) is 1.03. The molecule has 0 aliphatic carbocycles. The lowest BCUT2D eigenvalue weighted by atomic mass is 10.1. The molecule has 0 bridgehead atoms. The summed E-state index contributed by atoms with van der Waals surface area (Å²) in [5.74, 6) is -2.24. The second kappa shape index (κ2) is 6.66. The van der Waals surface area contributed by atoms with Crippen LogP contribution in [0.1, 0.15) is 32.6 Å². The summed E-state index contributed by atoms with van der Waals surface area (Å²) >= 11 is 0. The molecule has 90 valence electrons. The molecule has 0 amide bonds. The number of carbonyl (C=O) groups is 1. The summed E-state index contributed by atoms with van der Waals surface area (Å²) in [6.07, 6.45) is -3.41. The molecule has 3 nitrogen and oxygen atoms in total. The maximum absolute atomic E-state index is 11.8. The third-order valence-electron chi connectivity index (χ3n) is 1.84. The SMILES string of the molecule is CCCCC[C@H](CO)OC(=O)C(F)(F)F. The summed E-state index contributed by atoms with van der Waals surface area (Å²) in [6, 6.07) is 0. The van der Waals surface area contributed by atoms with E-state index in [0.29, 0.717) is 6.42 Å². The molecule has 0 aromatic carbocycles. The predicted octanol–water partition coefficient (Wildman–Crippen LogP) is 2.03. The first-order valence-electron chi connectivity index (χ1n) is 4.80. The number of unbranched alkanes of at least 4 members (excludes halogenated alkanes) is 2. The van der Waals surface area contributed by atoms with Gasteiger partial charge in [-0.3, -0.25) is 0 Å². The Morgan fingerprint density at radius 1 is 1.40 bits per heavy atom. The van der Waals surface area contributed by atoms with Crippen LogP contribution in [0.2, 0.25) is 0 Å². The Bertz CT molecular complexity index is 192. The van der Waals surface area contributed by atoms with Gasteiger partial charge >= 0.3 is 12.1 Å². The standard InChI is InChI=1S/C9H15F3O3/c1-2-3-4-5-7(6-13)15-8(14)9(10,11)12/h7,13H,2-6H2,1H3/t7-/m1/s1. The van der Waals surface area contributed by atoms with Gasteiger partial charge in [0.1, 0.15) is 6.10 Å². The smallest absolute Gasteiger partial charge is 0.453 e. The van der Waals surface area contributed by atoms with Crippen molar-refractivity contribution in [1.82, 2.24) is 0 Å². The zero-order valence-electron chi connectivity index (χ0n) is 8.51. The normalized spacial score (nSPS) is 13.7. The molecule has 0 saturated carbocycles. The first-order chi connectivity index (χ1) is 6.91. The van der Waals surface area contributed by atoms with Crippen molar-refractivity contribution in [2.45, 2.75) is 44.9 Å². The lowest BCUT2D eigenvalue weighted by Crippen LogP contribution is -2.31. The van der Waals surface area contributed by atoms with Gasteiger partial charge in [0.25, 0.3) is 0 Å². The van der Waals surface area contributed by atoms with Crippen molar-refractivity contribution in [3.05, 3.63) is 0 Å². The van der Waals surface area contributed by atoms with Crippen LogP contribution in [0.3, 0.4) is 0 Å². The van der Waals surface area contributed by atoms with E-state index in [0.717, 1.165) is 12.8 Å². The Kier molecular flexibility index (Phi) is 6.31. The van der Waals surface area contributed by atoms with Crippen LogP contribution in [0.5, 0.6) is 0 Å². The summed E-state index contributed by atoms with van der Waals surface area (Å²) in [4.78, 5) is 10.4. The number of hydrogen-bond donors (Lipinski definition) is 1. The van der Waals surface area contributed by atoms with Gasteiger partial charge in [0.15, 0.2) is 0 Å². The minimum Gasteiger partial charge on any atom is -0.453 e. The van der Waals surface area contributed by atoms with Gasteiger partial charge in [0, 0.05) is 0 Å². The number of rotatable bonds is 6. The molecule has 1 N–H and O–H groups in total.